The third kappa shape index (κ3) is 15.7. The van der Waals surface area contributed by atoms with Gasteiger partial charge in [-0.15, -0.1) is 0 Å². The van der Waals surface area contributed by atoms with Crippen LogP contribution in [0.3, 0.4) is 0 Å². The molecule has 4 unspecified atom stereocenters. The van der Waals surface area contributed by atoms with E-state index in [4.69, 9.17) is 9.47 Å². The summed E-state index contributed by atoms with van der Waals surface area (Å²) in [5.74, 6) is -1.58. The van der Waals surface area contributed by atoms with Gasteiger partial charge in [0.05, 0.1) is 33.7 Å². The van der Waals surface area contributed by atoms with E-state index in [1.54, 1.807) is 6.92 Å². The number of aliphatic carboxylic acids is 1. The maximum absolute atomic E-state index is 11.9. The zero-order valence-electron chi connectivity index (χ0n) is 27.3. The summed E-state index contributed by atoms with van der Waals surface area (Å²) in [5, 5.41) is 20.8. The van der Waals surface area contributed by atoms with Crippen molar-refractivity contribution in [2.24, 2.45) is 17.8 Å². The number of esters is 1. The number of likely N-dealkylation sites (tertiary alicyclic amines) is 1. The minimum atomic E-state index is -1.21. The second kappa shape index (κ2) is 20.9. The average Bonchev–Trinajstić information content (AvgIpc) is 3.18. The van der Waals surface area contributed by atoms with Gasteiger partial charge < -0.3 is 29.0 Å². The van der Waals surface area contributed by atoms with Gasteiger partial charge >= 0.3 is 5.97 Å². The number of nitrogens with zero attached hydrogens (tertiary/aromatic N) is 2. The molecule has 4 atom stereocenters. The van der Waals surface area contributed by atoms with E-state index < -0.39 is 24.0 Å². The molecule has 2 amide bonds. The summed E-state index contributed by atoms with van der Waals surface area (Å²) in [7, 11) is 4.07. The number of carboxylic acid groups (broad SMARTS) is 1. The number of carboxylic acids is 1. The maximum atomic E-state index is 11.9. The number of amides is 2. The molecular weight excluding hydrogens is 564 g/mol. The number of likely N-dealkylation sites (N-methyl/N-ethyl adjacent to an activating group) is 1. The molecule has 252 valence electrons. The second-order valence-electron chi connectivity index (χ2n) is 12.4. The van der Waals surface area contributed by atoms with Crippen molar-refractivity contribution in [3.63, 3.8) is 0 Å². The smallest absolute Gasteiger partial charge is 0.306 e. The lowest BCUT2D eigenvalue weighted by Gasteiger charge is -2.32. The van der Waals surface area contributed by atoms with Gasteiger partial charge in [-0.05, 0) is 30.9 Å². The SMILES string of the molecule is C.CCCCC(CC)COC(=O)CC(C)C(=O)[O-].Cc1ccccc1OCC(O)C[N+](C)(C)CCCN1C(=O)CC(C)C1=O. The summed E-state index contributed by atoms with van der Waals surface area (Å²) in [6.07, 6.45) is 4.65. The van der Waals surface area contributed by atoms with Crippen LogP contribution in [-0.4, -0.2) is 91.3 Å². The Bertz CT molecular complexity index is 1030. The number of unbranched alkanes of at least 4 members (excludes halogenated alkanes) is 1. The number of aryl methyl sites for hydroxylation is 1. The number of rotatable bonds is 18. The first-order valence-corrected chi connectivity index (χ1v) is 15.6. The molecule has 1 aromatic rings. The third-order valence-electron chi connectivity index (χ3n) is 7.74. The van der Waals surface area contributed by atoms with Crippen molar-refractivity contribution >= 4 is 23.8 Å². The lowest BCUT2D eigenvalue weighted by atomic mass is 10.0. The van der Waals surface area contributed by atoms with Gasteiger partial charge in [-0.3, -0.25) is 19.3 Å². The van der Waals surface area contributed by atoms with E-state index in [0.717, 1.165) is 50.0 Å². The fourth-order valence-corrected chi connectivity index (χ4v) is 4.86. The molecule has 0 radical (unpaired) electrons. The molecule has 1 aliphatic rings. The summed E-state index contributed by atoms with van der Waals surface area (Å²) in [5.41, 5.74) is 1.04. The molecule has 2 rings (SSSR count). The van der Waals surface area contributed by atoms with Crippen LogP contribution >= 0.6 is 0 Å². The second-order valence-corrected chi connectivity index (χ2v) is 12.4. The first kappa shape index (κ1) is 41.0. The predicted octanol–water partition coefficient (Wildman–Crippen LogP) is 3.75. The number of carbonyl (C=O) groups excluding carboxylic acids is 4. The first-order valence-electron chi connectivity index (χ1n) is 15.6. The number of para-hydroxylation sites is 1. The molecule has 10 nitrogen and oxygen atoms in total. The van der Waals surface area contributed by atoms with Crippen molar-refractivity contribution < 1.29 is 43.3 Å². The van der Waals surface area contributed by atoms with Crippen LogP contribution in [0.4, 0.5) is 0 Å². The van der Waals surface area contributed by atoms with Gasteiger partial charge in [-0.2, -0.15) is 0 Å². The minimum absolute atomic E-state index is 0. The molecule has 1 heterocycles. The summed E-state index contributed by atoms with van der Waals surface area (Å²) < 4.78 is 11.4. The highest BCUT2D eigenvalue weighted by Crippen LogP contribution is 2.20. The molecule has 0 spiro atoms. The molecule has 1 saturated heterocycles. The molecule has 1 N–H and O–H groups in total. The summed E-state index contributed by atoms with van der Waals surface area (Å²) in [6, 6.07) is 7.74. The van der Waals surface area contributed by atoms with Crippen LogP contribution in [-0.2, 0) is 23.9 Å². The maximum Gasteiger partial charge on any atom is 0.306 e. The molecule has 0 saturated carbocycles. The van der Waals surface area contributed by atoms with Gasteiger partial charge in [-0.25, -0.2) is 0 Å². The number of ether oxygens (including phenoxy) is 2. The summed E-state index contributed by atoms with van der Waals surface area (Å²) >= 11 is 0. The standard InChI is InChI=1S/C20H31N2O4.C13H24O4.CH4/c1-15-8-5-6-9-18(15)26-14-17(23)13-22(3,4)11-7-10-21-19(24)12-16(2)20(21)25;1-4-6-7-11(5-2)9-17-12(14)8-10(3)13(15)16;/h5-6,8-9,16-17,23H,7,10-14H2,1-4H3;10-11H,4-9H2,1-3H3,(H,15,16);1H4/q+1;;/p-1. The van der Waals surface area contributed by atoms with Crippen LogP contribution in [0.15, 0.2) is 24.3 Å². The Kier molecular flexibility index (Phi) is 19.5. The van der Waals surface area contributed by atoms with Crippen LogP contribution in [0.5, 0.6) is 5.75 Å². The van der Waals surface area contributed by atoms with E-state index in [1.165, 1.54) is 11.8 Å². The molecule has 0 aliphatic carbocycles. The Morgan fingerprint density at radius 1 is 1.14 bits per heavy atom. The van der Waals surface area contributed by atoms with E-state index in [0.29, 0.717) is 36.5 Å². The topological polar surface area (TPSA) is 133 Å². The van der Waals surface area contributed by atoms with Gasteiger partial charge in [0.2, 0.25) is 11.8 Å². The number of benzene rings is 1. The van der Waals surface area contributed by atoms with Gasteiger partial charge in [-0.1, -0.05) is 72.6 Å². The van der Waals surface area contributed by atoms with Crippen molar-refractivity contribution in [3.8, 4) is 5.75 Å². The van der Waals surface area contributed by atoms with Crippen molar-refractivity contribution in [2.45, 2.75) is 93.1 Å². The Balaban J connectivity index is 0.000000900. The molecule has 44 heavy (non-hydrogen) atoms. The van der Waals surface area contributed by atoms with E-state index in [9.17, 15) is 29.4 Å². The molecule has 1 aliphatic heterocycles. The van der Waals surface area contributed by atoms with Gasteiger partial charge in [0.25, 0.3) is 0 Å². The minimum Gasteiger partial charge on any atom is -0.550 e. The number of quaternary nitrogens is 1. The molecule has 1 aromatic carbocycles. The van der Waals surface area contributed by atoms with E-state index in [-0.39, 0.29) is 38.2 Å². The molecule has 1 fully saturated rings. The molecule has 0 aromatic heterocycles. The van der Waals surface area contributed by atoms with Gasteiger partial charge in [0.1, 0.15) is 25.0 Å². The van der Waals surface area contributed by atoms with Crippen LogP contribution in [0.25, 0.3) is 0 Å². The zero-order chi connectivity index (χ0) is 32.6. The lowest BCUT2D eigenvalue weighted by molar-refractivity contribution is -0.893. The normalized spacial score (nSPS) is 16.7. The van der Waals surface area contributed by atoms with Crippen LogP contribution < -0.4 is 9.84 Å². The highest BCUT2D eigenvalue weighted by molar-refractivity contribution is 6.03. The quantitative estimate of drug-likeness (QED) is 0.149. The fraction of sp³-hybridized carbons (Fsp3) is 0.706. The average molecular weight is 623 g/mol. The van der Waals surface area contributed by atoms with Crippen molar-refractivity contribution in [1.82, 2.24) is 4.90 Å². The highest BCUT2D eigenvalue weighted by Gasteiger charge is 2.35. The fourth-order valence-electron chi connectivity index (χ4n) is 4.86. The van der Waals surface area contributed by atoms with E-state index in [1.807, 2.05) is 45.3 Å². The highest BCUT2D eigenvalue weighted by atomic mass is 16.5. The third-order valence-corrected chi connectivity index (χ3v) is 7.74. The number of imide groups is 1. The van der Waals surface area contributed by atoms with E-state index in [2.05, 4.69) is 13.8 Å². The Morgan fingerprint density at radius 2 is 1.80 bits per heavy atom. The summed E-state index contributed by atoms with van der Waals surface area (Å²) in [4.78, 5) is 46.9. The number of carbonyl (C=O) groups is 4. The van der Waals surface area contributed by atoms with Crippen molar-refractivity contribution in [3.05, 3.63) is 29.8 Å². The van der Waals surface area contributed by atoms with Crippen LogP contribution in [0.2, 0.25) is 0 Å². The van der Waals surface area contributed by atoms with Crippen LogP contribution in [0, 0.1) is 24.7 Å². The Morgan fingerprint density at radius 3 is 2.34 bits per heavy atom. The number of aliphatic hydroxyl groups excluding tert-OH is 1. The first-order chi connectivity index (χ1) is 20.2. The number of aliphatic hydroxyl groups is 1. The van der Waals surface area contributed by atoms with Crippen molar-refractivity contribution in [2.75, 3.05) is 46.9 Å². The molecule has 10 heteroatoms. The number of hydrogen-bond donors (Lipinski definition) is 1. The summed E-state index contributed by atoms with van der Waals surface area (Å²) in [6.45, 7) is 11.8. The van der Waals surface area contributed by atoms with Gasteiger partial charge in [0, 0.05) is 37.2 Å². The lowest BCUT2D eigenvalue weighted by Crippen LogP contribution is -2.48. The Labute approximate surface area is 265 Å². The Hall–Kier alpha value is -2.98. The van der Waals surface area contributed by atoms with Crippen LogP contribution in [0.1, 0.15) is 85.6 Å². The molecule has 0 bridgehead atoms. The predicted molar refractivity (Wildman–Crippen MR) is 169 cm³/mol. The molecular formula is C34H58N2O8. The van der Waals surface area contributed by atoms with E-state index >= 15 is 0 Å². The van der Waals surface area contributed by atoms with Gasteiger partial charge in [0.15, 0.2) is 0 Å². The number of hydrogen-bond acceptors (Lipinski definition) is 8. The monoisotopic (exact) mass is 622 g/mol. The largest absolute Gasteiger partial charge is 0.550 e. The zero-order valence-corrected chi connectivity index (χ0v) is 27.3. The van der Waals surface area contributed by atoms with Crippen molar-refractivity contribution in [1.29, 1.82) is 0 Å².